The fourth-order valence-corrected chi connectivity index (χ4v) is 2.27. The van der Waals surface area contributed by atoms with Gasteiger partial charge in [-0.25, -0.2) is 19.9 Å². The lowest BCUT2D eigenvalue weighted by atomic mass is 10.1. The van der Waals surface area contributed by atoms with E-state index in [1.54, 1.807) is 18.5 Å². The van der Waals surface area contributed by atoms with Crippen LogP contribution in [0.2, 0.25) is 0 Å². The SMILES string of the molecule is NC1CCCCc2nc(-c3ncccn3)ncc21. The van der Waals surface area contributed by atoms with E-state index in [0.29, 0.717) is 11.6 Å². The fraction of sp³-hybridized carbons (Fsp3) is 0.385. The molecule has 0 amide bonds. The molecule has 0 bridgehead atoms. The van der Waals surface area contributed by atoms with Crippen molar-refractivity contribution in [1.82, 2.24) is 19.9 Å². The summed E-state index contributed by atoms with van der Waals surface area (Å²) >= 11 is 0. The van der Waals surface area contributed by atoms with Crippen LogP contribution in [0, 0.1) is 0 Å². The molecule has 0 spiro atoms. The lowest BCUT2D eigenvalue weighted by Crippen LogP contribution is -2.12. The Morgan fingerprint density at radius 3 is 2.72 bits per heavy atom. The van der Waals surface area contributed by atoms with Crippen molar-refractivity contribution in [2.75, 3.05) is 0 Å². The van der Waals surface area contributed by atoms with Gasteiger partial charge in [0.05, 0.1) is 0 Å². The lowest BCUT2D eigenvalue weighted by Gasteiger charge is -2.11. The molecule has 2 aromatic heterocycles. The monoisotopic (exact) mass is 241 g/mol. The molecular formula is C13H15N5. The van der Waals surface area contributed by atoms with Crippen molar-refractivity contribution in [3.05, 3.63) is 35.9 Å². The highest BCUT2D eigenvalue weighted by Crippen LogP contribution is 2.26. The van der Waals surface area contributed by atoms with Crippen LogP contribution in [-0.4, -0.2) is 19.9 Å². The number of fused-ring (bicyclic) bond motifs is 1. The summed E-state index contributed by atoms with van der Waals surface area (Å²) in [6, 6.07) is 1.84. The molecule has 2 aromatic rings. The summed E-state index contributed by atoms with van der Waals surface area (Å²) in [6.07, 6.45) is 9.49. The summed E-state index contributed by atoms with van der Waals surface area (Å²) in [5, 5.41) is 0. The van der Waals surface area contributed by atoms with Gasteiger partial charge in [-0.2, -0.15) is 0 Å². The predicted octanol–water partition coefficient (Wildman–Crippen LogP) is 1.66. The maximum absolute atomic E-state index is 6.12. The van der Waals surface area contributed by atoms with Gasteiger partial charge in [-0.3, -0.25) is 0 Å². The second-order valence-corrected chi connectivity index (χ2v) is 4.52. The van der Waals surface area contributed by atoms with Gasteiger partial charge < -0.3 is 5.73 Å². The topological polar surface area (TPSA) is 77.6 Å². The van der Waals surface area contributed by atoms with Gasteiger partial charge in [0.15, 0.2) is 11.6 Å². The van der Waals surface area contributed by atoms with Gasteiger partial charge in [-0.15, -0.1) is 0 Å². The van der Waals surface area contributed by atoms with Gasteiger partial charge >= 0.3 is 0 Å². The number of aromatic nitrogens is 4. The Morgan fingerprint density at radius 2 is 1.89 bits per heavy atom. The molecule has 0 aromatic carbocycles. The minimum Gasteiger partial charge on any atom is -0.324 e. The number of hydrogen-bond acceptors (Lipinski definition) is 5. The molecule has 1 unspecified atom stereocenters. The van der Waals surface area contributed by atoms with Crippen molar-refractivity contribution >= 4 is 0 Å². The number of aryl methyl sites for hydroxylation is 1. The highest BCUT2D eigenvalue weighted by Gasteiger charge is 2.18. The van der Waals surface area contributed by atoms with E-state index >= 15 is 0 Å². The van der Waals surface area contributed by atoms with Crippen LogP contribution in [0.4, 0.5) is 0 Å². The molecule has 1 aliphatic carbocycles. The molecule has 18 heavy (non-hydrogen) atoms. The van der Waals surface area contributed by atoms with Crippen LogP contribution in [-0.2, 0) is 6.42 Å². The third kappa shape index (κ3) is 2.09. The highest BCUT2D eigenvalue weighted by atomic mass is 15.0. The minimum absolute atomic E-state index is 0.0632. The van der Waals surface area contributed by atoms with E-state index < -0.39 is 0 Å². The summed E-state index contributed by atoms with van der Waals surface area (Å²) in [4.78, 5) is 17.3. The molecule has 1 aliphatic rings. The van der Waals surface area contributed by atoms with Crippen LogP contribution >= 0.6 is 0 Å². The van der Waals surface area contributed by atoms with Gasteiger partial charge in [0, 0.05) is 35.9 Å². The Labute approximate surface area is 106 Å². The zero-order chi connectivity index (χ0) is 12.4. The third-order valence-corrected chi connectivity index (χ3v) is 3.24. The van der Waals surface area contributed by atoms with Gasteiger partial charge in [-0.1, -0.05) is 6.42 Å². The van der Waals surface area contributed by atoms with Crippen molar-refractivity contribution < 1.29 is 0 Å². The fourth-order valence-electron chi connectivity index (χ4n) is 2.27. The molecule has 5 heteroatoms. The Kier molecular flexibility index (Phi) is 2.98. The van der Waals surface area contributed by atoms with E-state index in [9.17, 15) is 0 Å². The third-order valence-electron chi connectivity index (χ3n) is 3.24. The van der Waals surface area contributed by atoms with Crippen LogP contribution < -0.4 is 5.73 Å². The maximum Gasteiger partial charge on any atom is 0.197 e. The first kappa shape index (κ1) is 11.2. The highest BCUT2D eigenvalue weighted by molar-refractivity contribution is 5.43. The number of nitrogens with two attached hydrogens (primary N) is 1. The van der Waals surface area contributed by atoms with Gasteiger partial charge in [0.25, 0.3) is 0 Å². The summed E-state index contributed by atoms with van der Waals surface area (Å²) in [5.41, 5.74) is 8.25. The van der Waals surface area contributed by atoms with Crippen molar-refractivity contribution in [2.24, 2.45) is 5.73 Å². The molecule has 3 rings (SSSR count). The Hall–Kier alpha value is -1.88. The first-order valence-corrected chi connectivity index (χ1v) is 6.23. The molecule has 5 nitrogen and oxygen atoms in total. The average molecular weight is 241 g/mol. The Morgan fingerprint density at radius 1 is 1.06 bits per heavy atom. The summed E-state index contributed by atoms with van der Waals surface area (Å²) in [7, 11) is 0. The molecule has 2 N–H and O–H groups in total. The number of hydrogen-bond donors (Lipinski definition) is 1. The first-order chi connectivity index (χ1) is 8.84. The van der Waals surface area contributed by atoms with Crippen molar-refractivity contribution in [3.63, 3.8) is 0 Å². The number of nitrogens with zero attached hydrogens (tertiary/aromatic N) is 4. The lowest BCUT2D eigenvalue weighted by molar-refractivity contribution is 0.614. The zero-order valence-corrected chi connectivity index (χ0v) is 10.1. The number of rotatable bonds is 1. The van der Waals surface area contributed by atoms with Crippen LogP contribution in [0.5, 0.6) is 0 Å². The molecular weight excluding hydrogens is 226 g/mol. The van der Waals surface area contributed by atoms with Gasteiger partial charge in [0.1, 0.15) is 0 Å². The van der Waals surface area contributed by atoms with Gasteiger partial charge in [-0.05, 0) is 25.3 Å². The quantitative estimate of drug-likeness (QED) is 0.768. The molecule has 0 saturated heterocycles. The Bertz CT molecular complexity index is 540. The molecule has 2 heterocycles. The average Bonchev–Trinajstić information content (AvgIpc) is 2.61. The maximum atomic E-state index is 6.12. The van der Waals surface area contributed by atoms with Crippen LogP contribution in [0.3, 0.4) is 0 Å². The van der Waals surface area contributed by atoms with E-state index in [2.05, 4.69) is 19.9 Å². The van der Waals surface area contributed by atoms with E-state index in [0.717, 1.165) is 36.9 Å². The standard InChI is InChI=1S/C13H15N5/c14-10-4-1-2-5-11-9(10)8-17-13(18-11)12-15-6-3-7-16-12/h3,6-8,10H,1-2,4-5,14H2. The van der Waals surface area contributed by atoms with Crippen LogP contribution in [0.1, 0.15) is 36.6 Å². The molecule has 0 aliphatic heterocycles. The van der Waals surface area contributed by atoms with Crippen molar-refractivity contribution in [2.45, 2.75) is 31.7 Å². The van der Waals surface area contributed by atoms with Gasteiger partial charge in [0.2, 0.25) is 0 Å². The smallest absolute Gasteiger partial charge is 0.197 e. The van der Waals surface area contributed by atoms with Crippen molar-refractivity contribution in [3.8, 4) is 11.6 Å². The predicted molar refractivity (Wildman–Crippen MR) is 67.5 cm³/mol. The zero-order valence-electron chi connectivity index (χ0n) is 10.1. The second kappa shape index (κ2) is 4.78. The second-order valence-electron chi connectivity index (χ2n) is 4.52. The molecule has 0 fully saturated rings. The summed E-state index contributed by atoms with van der Waals surface area (Å²) in [5.74, 6) is 1.15. The molecule has 0 saturated carbocycles. The molecule has 1 atom stereocenters. The normalized spacial score (nSPS) is 19.1. The first-order valence-electron chi connectivity index (χ1n) is 6.23. The molecule has 92 valence electrons. The van der Waals surface area contributed by atoms with E-state index in [1.807, 2.05) is 6.20 Å². The van der Waals surface area contributed by atoms with Crippen molar-refractivity contribution in [1.29, 1.82) is 0 Å². The Balaban J connectivity index is 2.03. The largest absolute Gasteiger partial charge is 0.324 e. The van der Waals surface area contributed by atoms with E-state index in [4.69, 9.17) is 5.73 Å². The van der Waals surface area contributed by atoms with E-state index in [1.165, 1.54) is 0 Å². The minimum atomic E-state index is 0.0632. The van der Waals surface area contributed by atoms with E-state index in [-0.39, 0.29) is 6.04 Å². The summed E-state index contributed by atoms with van der Waals surface area (Å²) in [6.45, 7) is 0. The molecule has 0 radical (unpaired) electrons. The van der Waals surface area contributed by atoms with Crippen LogP contribution in [0.25, 0.3) is 11.6 Å². The van der Waals surface area contributed by atoms with Crippen LogP contribution in [0.15, 0.2) is 24.7 Å². The summed E-state index contributed by atoms with van der Waals surface area (Å²) < 4.78 is 0.